The molecule has 0 saturated carbocycles. The normalized spacial score (nSPS) is 15.8. The van der Waals surface area contributed by atoms with Gasteiger partial charge in [0, 0.05) is 44.2 Å². The molecule has 1 fully saturated rings. The van der Waals surface area contributed by atoms with Crippen LogP contribution in [0.5, 0.6) is 11.5 Å². The van der Waals surface area contributed by atoms with Gasteiger partial charge in [-0.2, -0.15) is 0 Å². The predicted octanol–water partition coefficient (Wildman–Crippen LogP) is 2.16. The molecule has 4 rings (SSSR count). The quantitative estimate of drug-likeness (QED) is 0.746. The summed E-state index contributed by atoms with van der Waals surface area (Å²) >= 11 is 0. The van der Waals surface area contributed by atoms with Gasteiger partial charge in [-0.15, -0.1) is 0 Å². The average molecular weight is 394 g/mol. The lowest BCUT2D eigenvalue weighted by Crippen LogP contribution is -2.51. The number of rotatable bonds is 3. The van der Waals surface area contributed by atoms with Crippen molar-refractivity contribution < 1.29 is 23.9 Å². The van der Waals surface area contributed by atoms with Crippen molar-refractivity contribution in [3.63, 3.8) is 0 Å². The maximum Gasteiger partial charge on any atom is 0.318 e. The summed E-state index contributed by atoms with van der Waals surface area (Å²) in [7, 11) is 0. The van der Waals surface area contributed by atoms with Crippen molar-refractivity contribution in [3.8, 4) is 11.5 Å². The molecule has 0 atom stereocenters. The van der Waals surface area contributed by atoms with Crippen molar-refractivity contribution in [2.24, 2.45) is 0 Å². The molecule has 2 aromatic carbocycles. The third-order valence-corrected chi connectivity index (χ3v) is 5.33. The number of carbonyl (C=O) groups excluding carboxylic acids is 3. The molecule has 2 heterocycles. The second kappa shape index (κ2) is 7.95. The van der Waals surface area contributed by atoms with Crippen LogP contribution in [0.15, 0.2) is 48.5 Å². The van der Waals surface area contributed by atoms with Crippen LogP contribution in [0.25, 0.3) is 0 Å². The van der Waals surface area contributed by atoms with Crippen molar-refractivity contribution in [1.82, 2.24) is 9.80 Å². The van der Waals surface area contributed by atoms with Crippen molar-refractivity contribution >= 4 is 17.8 Å². The Balaban J connectivity index is 1.44. The molecule has 29 heavy (non-hydrogen) atoms. The highest BCUT2D eigenvalue weighted by Gasteiger charge is 2.34. The molecule has 150 valence electrons. The minimum absolute atomic E-state index is 0.000347. The van der Waals surface area contributed by atoms with Crippen LogP contribution in [0.1, 0.15) is 24.0 Å². The lowest BCUT2D eigenvalue weighted by atomic mass is 9.88. The van der Waals surface area contributed by atoms with Gasteiger partial charge in [-0.25, -0.2) is 0 Å². The van der Waals surface area contributed by atoms with E-state index in [1.54, 1.807) is 9.80 Å². The first-order chi connectivity index (χ1) is 14.0. The lowest BCUT2D eigenvalue weighted by Gasteiger charge is -2.34. The van der Waals surface area contributed by atoms with Crippen LogP contribution in [0.2, 0.25) is 0 Å². The highest BCUT2D eigenvalue weighted by molar-refractivity contribution is 5.88. The average Bonchev–Trinajstić information content (AvgIpc) is 2.75. The van der Waals surface area contributed by atoms with Gasteiger partial charge in [-0.05, 0) is 12.1 Å². The number of esters is 1. The van der Waals surface area contributed by atoms with Gasteiger partial charge in [0.15, 0.2) is 6.61 Å². The topological polar surface area (TPSA) is 76.2 Å². The Hall–Kier alpha value is -3.35. The summed E-state index contributed by atoms with van der Waals surface area (Å²) in [5, 5.41) is 0. The van der Waals surface area contributed by atoms with Crippen LogP contribution in [0.3, 0.4) is 0 Å². The fourth-order valence-corrected chi connectivity index (χ4v) is 3.74. The number of carbonyl (C=O) groups is 3. The highest BCUT2D eigenvalue weighted by atomic mass is 16.5. The van der Waals surface area contributed by atoms with Gasteiger partial charge in [0.25, 0.3) is 5.91 Å². The van der Waals surface area contributed by atoms with Gasteiger partial charge < -0.3 is 19.3 Å². The zero-order valence-corrected chi connectivity index (χ0v) is 16.2. The second-order valence-corrected chi connectivity index (χ2v) is 7.11. The summed E-state index contributed by atoms with van der Waals surface area (Å²) in [6.45, 7) is 3.08. The zero-order chi connectivity index (χ0) is 20.4. The summed E-state index contributed by atoms with van der Waals surface area (Å²) < 4.78 is 11.3. The largest absolute Gasteiger partial charge is 0.457 e. The molecule has 7 heteroatoms. The van der Waals surface area contributed by atoms with Gasteiger partial charge in [0.2, 0.25) is 5.91 Å². The van der Waals surface area contributed by atoms with E-state index in [1.807, 2.05) is 48.5 Å². The zero-order valence-electron chi connectivity index (χ0n) is 16.2. The van der Waals surface area contributed by atoms with Crippen LogP contribution in [0, 0.1) is 0 Å². The molecule has 0 unspecified atom stereocenters. The maximum atomic E-state index is 13.0. The third kappa shape index (κ3) is 3.81. The van der Waals surface area contributed by atoms with E-state index in [4.69, 9.17) is 9.47 Å². The Morgan fingerprint density at radius 3 is 1.97 bits per heavy atom. The van der Waals surface area contributed by atoms with E-state index in [0.717, 1.165) is 11.1 Å². The molecular formula is C22H22N2O5. The van der Waals surface area contributed by atoms with E-state index in [0.29, 0.717) is 37.7 Å². The Kier molecular flexibility index (Phi) is 5.20. The minimum Gasteiger partial charge on any atom is -0.457 e. The van der Waals surface area contributed by atoms with Gasteiger partial charge in [0.1, 0.15) is 17.4 Å². The molecule has 2 aromatic rings. The Morgan fingerprint density at radius 1 is 0.897 bits per heavy atom. The molecule has 7 nitrogen and oxygen atoms in total. The van der Waals surface area contributed by atoms with Crippen molar-refractivity contribution in [2.75, 3.05) is 32.8 Å². The molecule has 2 amide bonds. The molecule has 0 bridgehead atoms. The van der Waals surface area contributed by atoms with Gasteiger partial charge in [-0.1, -0.05) is 36.4 Å². The summed E-state index contributed by atoms with van der Waals surface area (Å²) in [4.78, 5) is 40.2. The third-order valence-electron chi connectivity index (χ3n) is 5.33. The van der Waals surface area contributed by atoms with E-state index in [1.165, 1.54) is 6.92 Å². The maximum absolute atomic E-state index is 13.0. The van der Waals surface area contributed by atoms with E-state index in [-0.39, 0.29) is 18.4 Å². The van der Waals surface area contributed by atoms with E-state index < -0.39 is 11.9 Å². The number of para-hydroxylation sites is 2. The summed E-state index contributed by atoms with van der Waals surface area (Å²) in [6, 6.07) is 14.7. The summed E-state index contributed by atoms with van der Waals surface area (Å²) in [5.41, 5.74) is 1.44. The van der Waals surface area contributed by atoms with Gasteiger partial charge in [0.05, 0.1) is 0 Å². The molecule has 0 spiro atoms. The molecule has 2 aliphatic rings. The van der Waals surface area contributed by atoms with Crippen molar-refractivity contribution in [2.45, 2.75) is 12.8 Å². The fraction of sp³-hybridized carbons (Fsp3) is 0.318. The summed E-state index contributed by atoms with van der Waals surface area (Å²) in [6.07, 6.45) is 0. The molecule has 0 aliphatic carbocycles. The standard InChI is InChI=1S/C22H22N2O5/c1-15(25)23-10-12-24(13-11-23)20(26)14-28-22(27)21-16-6-2-4-8-18(16)29-19-9-5-3-7-17(19)21/h2-9,21H,10-14H2,1H3. The van der Waals surface area contributed by atoms with E-state index >= 15 is 0 Å². The van der Waals surface area contributed by atoms with Crippen LogP contribution in [-0.4, -0.2) is 60.4 Å². The van der Waals surface area contributed by atoms with Crippen molar-refractivity contribution in [3.05, 3.63) is 59.7 Å². The Bertz CT molecular complexity index is 904. The highest BCUT2D eigenvalue weighted by Crippen LogP contribution is 2.44. The molecule has 0 N–H and O–H groups in total. The first kappa shape index (κ1) is 19.0. The Morgan fingerprint density at radius 2 is 1.41 bits per heavy atom. The number of nitrogens with zero attached hydrogens (tertiary/aromatic N) is 2. The molecule has 1 saturated heterocycles. The van der Waals surface area contributed by atoms with E-state index in [9.17, 15) is 14.4 Å². The fourth-order valence-electron chi connectivity index (χ4n) is 3.74. The van der Waals surface area contributed by atoms with Crippen LogP contribution in [-0.2, 0) is 19.1 Å². The predicted molar refractivity (Wildman–Crippen MR) is 105 cm³/mol. The smallest absolute Gasteiger partial charge is 0.318 e. The second-order valence-electron chi connectivity index (χ2n) is 7.11. The monoisotopic (exact) mass is 394 g/mol. The number of hydrogen-bond acceptors (Lipinski definition) is 5. The van der Waals surface area contributed by atoms with Crippen LogP contribution >= 0.6 is 0 Å². The van der Waals surface area contributed by atoms with E-state index in [2.05, 4.69) is 0 Å². The number of amides is 2. The Labute approximate surface area is 168 Å². The lowest BCUT2D eigenvalue weighted by molar-refractivity contribution is -0.153. The number of piperazine rings is 1. The molecular weight excluding hydrogens is 372 g/mol. The first-order valence-corrected chi connectivity index (χ1v) is 9.60. The number of ether oxygens (including phenoxy) is 2. The summed E-state index contributed by atoms with van der Waals surface area (Å²) in [5.74, 6) is -0.155. The molecule has 0 radical (unpaired) electrons. The van der Waals surface area contributed by atoms with Gasteiger partial charge in [-0.3, -0.25) is 14.4 Å². The van der Waals surface area contributed by atoms with Crippen LogP contribution < -0.4 is 4.74 Å². The molecule has 0 aromatic heterocycles. The molecule has 2 aliphatic heterocycles. The SMILES string of the molecule is CC(=O)N1CCN(C(=O)COC(=O)C2c3ccccc3Oc3ccccc32)CC1. The van der Waals surface area contributed by atoms with Crippen molar-refractivity contribution in [1.29, 1.82) is 0 Å². The first-order valence-electron chi connectivity index (χ1n) is 9.60. The number of hydrogen-bond donors (Lipinski definition) is 0. The van der Waals surface area contributed by atoms with Gasteiger partial charge >= 0.3 is 5.97 Å². The number of benzene rings is 2. The minimum atomic E-state index is -0.640. The number of fused-ring (bicyclic) bond motifs is 2. The van der Waals surface area contributed by atoms with Crippen LogP contribution in [0.4, 0.5) is 0 Å².